The Morgan fingerprint density at radius 2 is 2.24 bits per heavy atom. The number of amides is 1. The number of nitrogens with two attached hydrogens (primary N) is 1. The summed E-state index contributed by atoms with van der Waals surface area (Å²) < 4.78 is 0. The van der Waals surface area contributed by atoms with Crippen LogP contribution in [-0.2, 0) is 11.3 Å². The third-order valence-corrected chi connectivity index (χ3v) is 3.11. The van der Waals surface area contributed by atoms with Crippen LogP contribution in [0, 0.1) is 5.92 Å². The summed E-state index contributed by atoms with van der Waals surface area (Å²) in [5.41, 5.74) is 3.17. The Labute approximate surface area is 102 Å². The van der Waals surface area contributed by atoms with E-state index >= 15 is 0 Å². The second-order valence-corrected chi connectivity index (χ2v) is 4.27. The van der Waals surface area contributed by atoms with Crippen LogP contribution >= 0.6 is 0 Å². The second-order valence-electron chi connectivity index (χ2n) is 4.27. The Kier molecular flexibility index (Phi) is 5.06. The van der Waals surface area contributed by atoms with Gasteiger partial charge in [0.05, 0.1) is 11.6 Å². The largest absolute Gasteiger partial charge is 0.297 e. The number of hydrogen-bond acceptors (Lipinski definition) is 4. The quantitative estimate of drug-likeness (QED) is 0.444. The molecule has 5 nitrogen and oxygen atoms in total. The van der Waals surface area contributed by atoms with E-state index in [1.54, 1.807) is 6.20 Å². The lowest BCUT2D eigenvalue weighted by Crippen LogP contribution is -2.44. The molecular weight excluding hydrogens is 216 g/mol. The van der Waals surface area contributed by atoms with Gasteiger partial charge in [-0.2, -0.15) is 0 Å². The van der Waals surface area contributed by atoms with E-state index in [-0.39, 0.29) is 17.9 Å². The Morgan fingerprint density at radius 3 is 2.76 bits per heavy atom. The number of aromatic nitrogens is 1. The first-order valence-electron chi connectivity index (χ1n) is 5.67. The molecule has 1 amide bonds. The van der Waals surface area contributed by atoms with Crippen LogP contribution in [0.5, 0.6) is 0 Å². The molecule has 0 aliphatic carbocycles. The molecule has 3 N–H and O–H groups in total. The predicted molar refractivity (Wildman–Crippen MR) is 66.7 cm³/mol. The van der Waals surface area contributed by atoms with E-state index in [2.05, 4.69) is 15.3 Å². The van der Waals surface area contributed by atoms with Crippen LogP contribution < -0.4 is 11.3 Å². The number of hydrogen-bond donors (Lipinski definition) is 2. The summed E-state index contributed by atoms with van der Waals surface area (Å²) in [6, 6.07) is 5.91. The number of carbonyl (C=O) groups excluding carboxylic acids is 1. The molecule has 0 aliphatic heterocycles. The number of rotatable bonds is 5. The molecule has 0 spiro atoms. The lowest BCUT2D eigenvalue weighted by atomic mass is 10.0. The van der Waals surface area contributed by atoms with Gasteiger partial charge in [-0.1, -0.05) is 13.0 Å². The first-order valence-corrected chi connectivity index (χ1v) is 5.67. The zero-order chi connectivity index (χ0) is 12.8. The van der Waals surface area contributed by atoms with Crippen LogP contribution in [0.4, 0.5) is 0 Å². The lowest BCUT2D eigenvalue weighted by Gasteiger charge is -2.28. The van der Waals surface area contributed by atoms with E-state index < -0.39 is 0 Å². The van der Waals surface area contributed by atoms with Gasteiger partial charge < -0.3 is 0 Å². The maximum absolute atomic E-state index is 11.4. The van der Waals surface area contributed by atoms with Gasteiger partial charge in [0.2, 0.25) is 5.91 Å². The monoisotopic (exact) mass is 236 g/mol. The molecular formula is C12H20N4O. The minimum absolute atomic E-state index is 0.0977. The molecule has 0 fully saturated rings. The van der Waals surface area contributed by atoms with Crippen LogP contribution in [0.3, 0.4) is 0 Å². The second kappa shape index (κ2) is 6.32. The molecule has 1 aromatic rings. The van der Waals surface area contributed by atoms with Crippen molar-refractivity contribution in [2.45, 2.75) is 26.4 Å². The summed E-state index contributed by atoms with van der Waals surface area (Å²) in [5.74, 6) is 4.83. The van der Waals surface area contributed by atoms with E-state index in [0.717, 1.165) is 5.69 Å². The standard InChI is InChI=1S/C12H20N4O/c1-9(12(17)15-13)10(2)16(3)8-11-6-4-5-7-14-11/h4-7,9-10H,8,13H2,1-3H3,(H,15,17). The van der Waals surface area contributed by atoms with Gasteiger partial charge in [0.1, 0.15) is 0 Å². The minimum atomic E-state index is -0.159. The van der Waals surface area contributed by atoms with Crippen molar-refractivity contribution in [3.63, 3.8) is 0 Å². The summed E-state index contributed by atoms with van der Waals surface area (Å²) in [5, 5.41) is 0. The van der Waals surface area contributed by atoms with Crippen molar-refractivity contribution in [2.75, 3.05) is 7.05 Å². The molecule has 0 saturated carbocycles. The number of hydrazine groups is 1. The van der Waals surface area contributed by atoms with Gasteiger partial charge in [0.25, 0.3) is 0 Å². The van der Waals surface area contributed by atoms with Crippen molar-refractivity contribution in [1.29, 1.82) is 0 Å². The van der Waals surface area contributed by atoms with Gasteiger partial charge in [0.15, 0.2) is 0 Å². The first-order chi connectivity index (χ1) is 8.06. The zero-order valence-electron chi connectivity index (χ0n) is 10.6. The Hall–Kier alpha value is -1.46. The van der Waals surface area contributed by atoms with E-state index in [1.165, 1.54) is 0 Å². The molecule has 5 heteroatoms. The van der Waals surface area contributed by atoms with Gasteiger partial charge in [-0.3, -0.25) is 20.1 Å². The average molecular weight is 236 g/mol. The summed E-state index contributed by atoms with van der Waals surface area (Å²) in [6.45, 7) is 4.58. The van der Waals surface area contributed by atoms with Gasteiger partial charge in [0, 0.05) is 18.8 Å². The topological polar surface area (TPSA) is 71.2 Å². The maximum atomic E-state index is 11.4. The molecule has 0 aromatic carbocycles. The van der Waals surface area contributed by atoms with Crippen molar-refractivity contribution in [3.8, 4) is 0 Å². The van der Waals surface area contributed by atoms with E-state index in [9.17, 15) is 4.79 Å². The normalized spacial score (nSPS) is 14.4. The minimum Gasteiger partial charge on any atom is -0.297 e. The Bertz CT molecular complexity index is 355. The van der Waals surface area contributed by atoms with Crippen LogP contribution in [0.1, 0.15) is 19.5 Å². The number of pyridine rings is 1. The smallest absolute Gasteiger partial charge is 0.238 e. The highest BCUT2D eigenvalue weighted by Crippen LogP contribution is 2.11. The molecule has 94 valence electrons. The Balaban J connectivity index is 2.58. The molecule has 1 aromatic heterocycles. The van der Waals surface area contributed by atoms with Crippen LogP contribution in [0.15, 0.2) is 24.4 Å². The van der Waals surface area contributed by atoms with Gasteiger partial charge >= 0.3 is 0 Å². The fourth-order valence-corrected chi connectivity index (χ4v) is 1.62. The van der Waals surface area contributed by atoms with Gasteiger partial charge in [-0.05, 0) is 26.1 Å². The van der Waals surface area contributed by atoms with E-state index in [4.69, 9.17) is 5.84 Å². The third kappa shape index (κ3) is 3.80. The summed E-state index contributed by atoms with van der Waals surface area (Å²) in [6.07, 6.45) is 1.77. The molecule has 2 unspecified atom stereocenters. The SMILES string of the molecule is CC(C(=O)NN)C(C)N(C)Cc1ccccn1. The molecule has 0 aliphatic rings. The van der Waals surface area contributed by atoms with Crippen molar-refractivity contribution in [1.82, 2.24) is 15.3 Å². The van der Waals surface area contributed by atoms with Crippen LogP contribution in [-0.4, -0.2) is 28.9 Å². The average Bonchev–Trinajstić information content (AvgIpc) is 2.37. The highest BCUT2D eigenvalue weighted by atomic mass is 16.2. The highest BCUT2D eigenvalue weighted by Gasteiger charge is 2.22. The molecule has 0 saturated heterocycles. The van der Waals surface area contributed by atoms with Crippen LogP contribution in [0.25, 0.3) is 0 Å². The van der Waals surface area contributed by atoms with Crippen molar-refractivity contribution >= 4 is 5.91 Å². The number of carbonyl (C=O) groups is 1. The third-order valence-electron chi connectivity index (χ3n) is 3.11. The summed E-state index contributed by atoms with van der Waals surface area (Å²) in [4.78, 5) is 17.8. The van der Waals surface area contributed by atoms with Gasteiger partial charge in [-0.15, -0.1) is 0 Å². The van der Waals surface area contributed by atoms with E-state index in [0.29, 0.717) is 6.54 Å². The fourth-order valence-electron chi connectivity index (χ4n) is 1.62. The van der Waals surface area contributed by atoms with Crippen molar-refractivity contribution < 1.29 is 4.79 Å². The van der Waals surface area contributed by atoms with Gasteiger partial charge in [-0.25, -0.2) is 5.84 Å². The molecule has 2 atom stereocenters. The fraction of sp³-hybridized carbons (Fsp3) is 0.500. The molecule has 17 heavy (non-hydrogen) atoms. The predicted octanol–water partition coefficient (Wildman–Crippen LogP) is 0.528. The van der Waals surface area contributed by atoms with Crippen molar-refractivity contribution in [2.24, 2.45) is 11.8 Å². The summed E-state index contributed by atoms with van der Waals surface area (Å²) in [7, 11) is 1.97. The Morgan fingerprint density at radius 1 is 1.53 bits per heavy atom. The molecule has 0 radical (unpaired) electrons. The molecule has 1 heterocycles. The molecule has 0 bridgehead atoms. The number of nitrogens with zero attached hydrogens (tertiary/aromatic N) is 2. The molecule has 1 rings (SSSR count). The zero-order valence-corrected chi connectivity index (χ0v) is 10.6. The first kappa shape index (κ1) is 13.6. The van der Waals surface area contributed by atoms with Crippen LogP contribution in [0.2, 0.25) is 0 Å². The maximum Gasteiger partial charge on any atom is 0.238 e. The highest BCUT2D eigenvalue weighted by molar-refractivity contribution is 5.78. The lowest BCUT2D eigenvalue weighted by molar-refractivity contribution is -0.126. The van der Waals surface area contributed by atoms with E-state index in [1.807, 2.05) is 39.1 Å². The van der Waals surface area contributed by atoms with Crippen molar-refractivity contribution in [3.05, 3.63) is 30.1 Å². The number of nitrogens with one attached hydrogen (secondary N) is 1. The summed E-state index contributed by atoms with van der Waals surface area (Å²) >= 11 is 0.